The van der Waals surface area contributed by atoms with E-state index in [0.29, 0.717) is 30.4 Å². The summed E-state index contributed by atoms with van der Waals surface area (Å²) in [6.45, 7) is 0.889. The first-order chi connectivity index (χ1) is 16.2. The van der Waals surface area contributed by atoms with E-state index in [4.69, 9.17) is 0 Å². The topological polar surface area (TPSA) is 80.4 Å². The quantitative estimate of drug-likeness (QED) is 0.457. The van der Waals surface area contributed by atoms with Crippen LogP contribution in [0, 0.1) is 11.6 Å². The molecule has 0 aromatic carbocycles. The molecule has 0 aliphatic carbocycles. The number of fused-ring (bicyclic) bond motifs is 2. The third kappa shape index (κ3) is 4.06. The smallest absolute Gasteiger partial charge is 0.336 e. The van der Waals surface area contributed by atoms with Gasteiger partial charge in [0.05, 0.1) is 17.4 Å². The standard InChI is InChI=1S/C21H18F5N7O/c22-12-6-14(23)19-29-9-17(32(19)10-12)18-13-8-28-15(20(34)31-4-1-2-27-3-5-31)7-16(13)33(30-18)11-21(24,25)26/h6-10,27H,1-5,11H2. The van der Waals surface area contributed by atoms with E-state index >= 15 is 0 Å². The molecule has 1 fully saturated rings. The lowest BCUT2D eigenvalue weighted by atomic mass is 10.2. The number of hydrogen-bond acceptors (Lipinski definition) is 5. The van der Waals surface area contributed by atoms with E-state index in [1.54, 1.807) is 4.90 Å². The third-order valence-corrected chi connectivity index (χ3v) is 5.58. The first kappa shape index (κ1) is 22.2. The Morgan fingerprint density at radius 3 is 2.71 bits per heavy atom. The van der Waals surface area contributed by atoms with Crippen molar-refractivity contribution in [2.45, 2.75) is 19.1 Å². The Bertz CT molecular complexity index is 1390. The van der Waals surface area contributed by atoms with Gasteiger partial charge in [-0.25, -0.2) is 13.8 Å². The molecule has 13 heteroatoms. The maximum Gasteiger partial charge on any atom is 0.408 e. The first-order valence-electron chi connectivity index (χ1n) is 10.5. The molecular weight excluding hydrogens is 461 g/mol. The monoisotopic (exact) mass is 479 g/mol. The van der Waals surface area contributed by atoms with E-state index in [9.17, 15) is 26.7 Å². The Balaban J connectivity index is 1.65. The summed E-state index contributed by atoms with van der Waals surface area (Å²) in [5.41, 5.74) is -0.115. The van der Waals surface area contributed by atoms with Gasteiger partial charge in [-0.05, 0) is 19.0 Å². The fourth-order valence-electron chi connectivity index (χ4n) is 4.07. The van der Waals surface area contributed by atoms with Crippen LogP contribution >= 0.6 is 0 Å². The number of rotatable bonds is 3. The van der Waals surface area contributed by atoms with Gasteiger partial charge < -0.3 is 10.2 Å². The Labute approximate surface area is 189 Å². The number of alkyl halides is 3. The second kappa shape index (κ2) is 8.31. The van der Waals surface area contributed by atoms with Crippen LogP contribution in [-0.2, 0) is 6.54 Å². The number of carbonyl (C=O) groups excluding carboxylic acids is 1. The number of nitrogens with one attached hydrogen (secondary N) is 1. The summed E-state index contributed by atoms with van der Waals surface area (Å²) in [5, 5.41) is 7.43. The van der Waals surface area contributed by atoms with Crippen LogP contribution in [0.1, 0.15) is 16.9 Å². The molecule has 5 rings (SSSR count). The number of aromatic nitrogens is 5. The average molecular weight is 479 g/mol. The third-order valence-electron chi connectivity index (χ3n) is 5.58. The lowest BCUT2D eigenvalue weighted by Crippen LogP contribution is -2.34. The van der Waals surface area contributed by atoms with Crippen molar-refractivity contribution in [3.63, 3.8) is 0 Å². The number of amides is 1. The molecule has 0 radical (unpaired) electrons. The minimum Gasteiger partial charge on any atom is -0.336 e. The molecule has 5 heterocycles. The van der Waals surface area contributed by atoms with Crippen LogP contribution in [0.25, 0.3) is 27.9 Å². The number of imidazole rings is 1. The number of halogens is 5. The summed E-state index contributed by atoms with van der Waals surface area (Å²) >= 11 is 0. The molecule has 0 atom stereocenters. The van der Waals surface area contributed by atoms with E-state index in [1.165, 1.54) is 18.5 Å². The Morgan fingerprint density at radius 2 is 1.91 bits per heavy atom. The van der Waals surface area contributed by atoms with Gasteiger partial charge in [0.2, 0.25) is 0 Å². The highest BCUT2D eigenvalue weighted by Gasteiger charge is 2.31. The van der Waals surface area contributed by atoms with E-state index in [1.807, 2.05) is 0 Å². The Morgan fingerprint density at radius 1 is 1.09 bits per heavy atom. The predicted molar refractivity (Wildman–Crippen MR) is 111 cm³/mol. The van der Waals surface area contributed by atoms with E-state index in [2.05, 4.69) is 20.4 Å². The maximum absolute atomic E-state index is 14.1. The highest BCUT2D eigenvalue weighted by molar-refractivity contribution is 5.99. The summed E-state index contributed by atoms with van der Waals surface area (Å²) in [6.07, 6.45) is -0.443. The fraction of sp³-hybridized carbons (Fsp3) is 0.333. The van der Waals surface area contributed by atoms with Crippen molar-refractivity contribution >= 4 is 22.5 Å². The zero-order valence-corrected chi connectivity index (χ0v) is 17.6. The van der Waals surface area contributed by atoms with Crippen molar-refractivity contribution in [1.29, 1.82) is 0 Å². The number of carbonyl (C=O) groups is 1. The van der Waals surface area contributed by atoms with Crippen molar-refractivity contribution in [2.24, 2.45) is 0 Å². The van der Waals surface area contributed by atoms with Gasteiger partial charge in [0.25, 0.3) is 5.91 Å². The molecule has 0 unspecified atom stereocenters. The molecule has 34 heavy (non-hydrogen) atoms. The minimum atomic E-state index is -4.60. The fourth-order valence-corrected chi connectivity index (χ4v) is 4.07. The van der Waals surface area contributed by atoms with Gasteiger partial charge >= 0.3 is 6.18 Å². The van der Waals surface area contributed by atoms with Crippen LogP contribution in [0.4, 0.5) is 22.0 Å². The molecule has 4 aromatic heterocycles. The van der Waals surface area contributed by atoms with Crippen LogP contribution in [0.2, 0.25) is 0 Å². The van der Waals surface area contributed by atoms with Crippen LogP contribution in [0.3, 0.4) is 0 Å². The summed E-state index contributed by atoms with van der Waals surface area (Å²) in [4.78, 5) is 22.6. The van der Waals surface area contributed by atoms with E-state index < -0.39 is 30.3 Å². The lowest BCUT2D eigenvalue weighted by Gasteiger charge is -2.19. The maximum atomic E-state index is 14.1. The van der Waals surface area contributed by atoms with Crippen molar-refractivity contribution in [3.8, 4) is 11.4 Å². The number of hydrogen-bond donors (Lipinski definition) is 1. The van der Waals surface area contributed by atoms with Crippen molar-refractivity contribution < 1.29 is 26.7 Å². The van der Waals surface area contributed by atoms with Gasteiger partial charge in [-0.3, -0.25) is 18.9 Å². The summed E-state index contributed by atoms with van der Waals surface area (Å²) in [5.74, 6) is -2.21. The van der Waals surface area contributed by atoms with E-state index in [-0.39, 0.29) is 33.6 Å². The molecule has 1 amide bonds. The first-order valence-corrected chi connectivity index (χ1v) is 10.5. The van der Waals surface area contributed by atoms with Gasteiger partial charge in [0, 0.05) is 43.5 Å². The van der Waals surface area contributed by atoms with E-state index in [0.717, 1.165) is 23.6 Å². The number of nitrogens with zero attached hydrogens (tertiary/aromatic N) is 6. The van der Waals surface area contributed by atoms with Crippen molar-refractivity contribution in [1.82, 2.24) is 34.4 Å². The van der Waals surface area contributed by atoms with Crippen molar-refractivity contribution in [2.75, 3.05) is 26.2 Å². The predicted octanol–water partition coefficient (Wildman–Crippen LogP) is 3.02. The highest BCUT2D eigenvalue weighted by atomic mass is 19.4. The molecular formula is C21H18F5N7O. The van der Waals surface area contributed by atoms with Crippen LogP contribution in [0.15, 0.2) is 30.7 Å². The Hall–Kier alpha value is -3.61. The molecule has 178 valence electrons. The zero-order valence-electron chi connectivity index (χ0n) is 17.6. The molecule has 0 spiro atoms. The molecule has 8 nitrogen and oxygen atoms in total. The molecule has 1 N–H and O–H groups in total. The second-order valence-electron chi connectivity index (χ2n) is 7.95. The lowest BCUT2D eigenvalue weighted by molar-refractivity contribution is -0.141. The SMILES string of the molecule is O=C(c1cc2c(cn1)c(-c1cnc3c(F)cc(F)cn13)nn2CC(F)(F)F)N1CCCNCC1. The van der Waals surface area contributed by atoms with Crippen molar-refractivity contribution in [3.05, 3.63) is 48.1 Å². The molecule has 0 saturated carbocycles. The molecule has 0 bridgehead atoms. The number of pyridine rings is 2. The van der Waals surface area contributed by atoms with Crippen LogP contribution in [-0.4, -0.2) is 67.3 Å². The Kier molecular flexibility index (Phi) is 5.42. The molecule has 4 aromatic rings. The summed E-state index contributed by atoms with van der Waals surface area (Å²) in [7, 11) is 0. The van der Waals surface area contributed by atoms with Gasteiger partial charge in [-0.2, -0.15) is 18.3 Å². The average Bonchev–Trinajstić information content (AvgIpc) is 3.21. The summed E-state index contributed by atoms with van der Waals surface area (Å²) in [6, 6.07) is 1.92. The van der Waals surface area contributed by atoms with Gasteiger partial charge in [-0.1, -0.05) is 0 Å². The van der Waals surface area contributed by atoms with Crippen LogP contribution in [0.5, 0.6) is 0 Å². The molecule has 1 saturated heterocycles. The van der Waals surface area contributed by atoms with Gasteiger partial charge in [0.15, 0.2) is 11.5 Å². The minimum absolute atomic E-state index is 0.00206. The second-order valence-corrected chi connectivity index (χ2v) is 7.95. The highest BCUT2D eigenvalue weighted by Crippen LogP contribution is 2.31. The van der Waals surface area contributed by atoms with Gasteiger partial charge in [0.1, 0.15) is 23.7 Å². The van der Waals surface area contributed by atoms with Gasteiger partial charge in [-0.15, -0.1) is 0 Å². The summed E-state index contributed by atoms with van der Waals surface area (Å²) < 4.78 is 69.6. The largest absolute Gasteiger partial charge is 0.408 e. The normalized spacial score (nSPS) is 15.3. The zero-order chi connectivity index (χ0) is 24.0. The molecule has 1 aliphatic heterocycles. The molecule has 1 aliphatic rings. The van der Waals surface area contributed by atoms with Crippen LogP contribution < -0.4 is 5.32 Å².